The van der Waals surface area contributed by atoms with E-state index in [9.17, 15) is 0 Å². The van der Waals surface area contributed by atoms with Crippen LogP contribution >= 0.6 is 11.8 Å². The van der Waals surface area contributed by atoms with E-state index in [1.807, 2.05) is 0 Å². The Hall–Kier alpha value is 0.907. The molecule has 0 aromatic rings. The second-order valence-corrected chi connectivity index (χ2v) is 2.08. The van der Waals surface area contributed by atoms with E-state index in [-0.39, 0.29) is 18.9 Å². The maximum absolute atomic E-state index is 6.69. The van der Waals surface area contributed by atoms with Crippen molar-refractivity contribution in [2.24, 2.45) is 0 Å². The van der Waals surface area contributed by atoms with Crippen molar-refractivity contribution in [2.75, 3.05) is 18.6 Å². The molecule has 0 heterocycles. The average Bonchev–Trinajstić information content (AvgIpc) is 1.61. The van der Waals surface area contributed by atoms with Gasteiger partial charge in [-0.05, 0) is 12.0 Å². The van der Waals surface area contributed by atoms with E-state index in [1.165, 1.54) is 0 Å². The van der Waals surface area contributed by atoms with Gasteiger partial charge in [0.25, 0.3) is 0 Å². The molecule has 0 saturated heterocycles. The Morgan fingerprint density at radius 1 is 1.57 bits per heavy atom. The monoisotopic (exact) mass is 111 g/mol. The summed E-state index contributed by atoms with van der Waals surface area (Å²) in [6.07, 6.45) is 3.11. The molecular weight excluding hydrogens is 101 g/mol. The molecule has 0 aromatic carbocycles. The van der Waals surface area contributed by atoms with E-state index >= 15 is 0 Å². The minimum absolute atomic E-state index is 0. The topological polar surface area (TPSA) is 23.8 Å². The van der Waals surface area contributed by atoms with Crippen LogP contribution in [0.4, 0.5) is 0 Å². The largest absolute Gasteiger partial charge is 1.00 e. The number of thioether (sulfide) groups is 1. The van der Waals surface area contributed by atoms with Gasteiger partial charge < -0.3 is 5.73 Å². The van der Waals surface area contributed by atoms with Crippen molar-refractivity contribution >= 4 is 11.8 Å². The van der Waals surface area contributed by atoms with Gasteiger partial charge in [-0.2, -0.15) is 18.3 Å². The first-order valence-electron chi connectivity index (χ1n) is 2.05. The SMILES string of the molecule is CSCCC[NH-].[Li+]. The first kappa shape index (κ1) is 10.8. The minimum atomic E-state index is 0. The molecule has 1 nitrogen and oxygen atoms in total. The predicted octanol–water partition coefficient (Wildman–Crippen LogP) is -1.20. The molecule has 0 atom stereocenters. The van der Waals surface area contributed by atoms with E-state index in [0.29, 0.717) is 6.54 Å². The second kappa shape index (κ2) is 10.0. The molecule has 0 saturated carbocycles. The molecule has 0 aromatic heterocycles. The molecule has 1 N–H and O–H groups in total. The molecule has 0 aliphatic carbocycles. The second-order valence-electron chi connectivity index (χ2n) is 1.10. The third-order valence-corrected chi connectivity index (χ3v) is 1.22. The van der Waals surface area contributed by atoms with Gasteiger partial charge in [-0.3, -0.25) is 0 Å². The van der Waals surface area contributed by atoms with Crippen LogP contribution in [-0.2, 0) is 0 Å². The number of rotatable bonds is 3. The molecule has 0 rings (SSSR count). The molecular formula is C4H10LiNS. The van der Waals surface area contributed by atoms with Crippen molar-refractivity contribution in [1.82, 2.24) is 0 Å². The maximum atomic E-state index is 6.69. The standard InChI is InChI=1S/C4H10NS.Li/c1-6-4-2-3-5;/h5H,2-4H2,1H3;/q-1;+1. The van der Waals surface area contributed by atoms with Crippen LogP contribution in [0.1, 0.15) is 6.42 Å². The molecule has 0 spiro atoms. The molecule has 0 unspecified atom stereocenters. The Morgan fingerprint density at radius 2 is 2.14 bits per heavy atom. The summed E-state index contributed by atoms with van der Waals surface area (Å²) >= 11 is 1.81. The number of hydrogen-bond acceptors (Lipinski definition) is 1. The summed E-state index contributed by atoms with van der Waals surface area (Å²) in [7, 11) is 0. The van der Waals surface area contributed by atoms with Crippen LogP contribution in [0.5, 0.6) is 0 Å². The van der Waals surface area contributed by atoms with E-state index in [0.717, 1.165) is 12.2 Å². The number of nitrogens with one attached hydrogen (secondary N) is 1. The van der Waals surface area contributed by atoms with Gasteiger partial charge in [0.15, 0.2) is 0 Å². The van der Waals surface area contributed by atoms with Crippen molar-refractivity contribution in [1.29, 1.82) is 0 Å². The summed E-state index contributed by atoms with van der Waals surface area (Å²) in [5.74, 6) is 1.14. The Kier molecular flexibility index (Phi) is 15.5. The summed E-state index contributed by atoms with van der Waals surface area (Å²) in [6, 6.07) is 0. The van der Waals surface area contributed by atoms with Gasteiger partial charge in [0.2, 0.25) is 0 Å². The summed E-state index contributed by atoms with van der Waals surface area (Å²) in [6.45, 7) is 0.584. The van der Waals surface area contributed by atoms with Crippen LogP contribution in [0.15, 0.2) is 0 Å². The molecule has 0 aliphatic rings. The molecule has 3 heteroatoms. The zero-order valence-corrected chi connectivity index (χ0v) is 5.85. The zero-order valence-electron chi connectivity index (χ0n) is 5.03. The molecule has 7 heavy (non-hydrogen) atoms. The van der Waals surface area contributed by atoms with Crippen molar-refractivity contribution in [3.05, 3.63) is 5.73 Å². The van der Waals surface area contributed by atoms with Crippen LogP contribution < -0.4 is 18.9 Å². The third kappa shape index (κ3) is 10.9. The first-order valence-corrected chi connectivity index (χ1v) is 3.44. The predicted molar refractivity (Wildman–Crippen MR) is 32.2 cm³/mol. The quantitative estimate of drug-likeness (QED) is 0.331. The Morgan fingerprint density at radius 3 is 2.29 bits per heavy atom. The van der Waals surface area contributed by atoms with Gasteiger partial charge in [-0.15, -0.1) is 0 Å². The van der Waals surface area contributed by atoms with Crippen molar-refractivity contribution in [3.63, 3.8) is 0 Å². The van der Waals surface area contributed by atoms with Crippen molar-refractivity contribution < 1.29 is 18.9 Å². The van der Waals surface area contributed by atoms with Crippen LogP contribution in [-0.4, -0.2) is 18.6 Å². The van der Waals surface area contributed by atoms with E-state index in [1.54, 1.807) is 11.8 Å². The van der Waals surface area contributed by atoms with Crippen LogP contribution in [0.3, 0.4) is 0 Å². The summed E-state index contributed by atoms with van der Waals surface area (Å²) in [5.41, 5.74) is 6.69. The van der Waals surface area contributed by atoms with Crippen molar-refractivity contribution in [3.8, 4) is 0 Å². The first-order chi connectivity index (χ1) is 2.91. The van der Waals surface area contributed by atoms with Gasteiger partial charge >= 0.3 is 18.9 Å². The molecule has 0 aliphatic heterocycles. The van der Waals surface area contributed by atoms with Gasteiger partial charge in [0.05, 0.1) is 0 Å². The maximum Gasteiger partial charge on any atom is 1.00 e. The summed E-state index contributed by atoms with van der Waals surface area (Å²) in [4.78, 5) is 0. The fraction of sp³-hybridized carbons (Fsp3) is 1.00. The van der Waals surface area contributed by atoms with Gasteiger partial charge in [-0.1, -0.05) is 6.42 Å². The van der Waals surface area contributed by atoms with Gasteiger partial charge in [0, 0.05) is 0 Å². The summed E-state index contributed by atoms with van der Waals surface area (Å²) < 4.78 is 0. The van der Waals surface area contributed by atoms with E-state index < -0.39 is 0 Å². The Balaban J connectivity index is 0. The van der Waals surface area contributed by atoms with Crippen LogP contribution in [0.2, 0.25) is 0 Å². The smallest absolute Gasteiger partial charge is 0.677 e. The third-order valence-electron chi connectivity index (χ3n) is 0.525. The van der Waals surface area contributed by atoms with Crippen LogP contribution in [0, 0.1) is 0 Å². The summed E-state index contributed by atoms with van der Waals surface area (Å²) in [5, 5.41) is 0. The molecule has 0 fully saturated rings. The molecule has 0 radical (unpaired) electrons. The van der Waals surface area contributed by atoms with Crippen molar-refractivity contribution in [2.45, 2.75) is 6.42 Å². The average molecular weight is 111 g/mol. The fourth-order valence-corrected chi connectivity index (χ4v) is 0.650. The van der Waals surface area contributed by atoms with Gasteiger partial charge in [0.1, 0.15) is 0 Å². The van der Waals surface area contributed by atoms with E-state index in [2.05, 4.69) is 6.26 Å². The normalized spacial score (nSPS) is 7.71. The van der Waals surface area contributed by atoms with E-state index in [4.69, 9.17) is 5.73 Å². The van der Waals surface area contributed by atoms with Crippen LogP contribution in [0.25, 0.3) is 5.73 Å². The Labute approximate surface area is 61.6 Å². The minimum Gasteiger partial charge on any atom is -0.677 e. The zero-order chi connectivity index (χ0) is 4.83. The Bertz CT molecular complexity index is 23.7. The fourth-order valence-electron chi connectivity index (χ4n) is 0.217. The molecule has 0 amide bonds. The number of hydrogen-bond donors (Lipinski definition) is 0. The molecule has 0 bridgehead atoms. The molecule has 38 valence electrons. The van der Waals surface area contributed by atoms with Gasteiger partial charge in [-0.25, -0.2) is 0 Å².